The largest absolute Gasteiger partial charge is 0.376 e. The summed E-state index contributed by atoms with van der Waals surface area (Å²) in [5.74, 6) is -0.455. The van der Waals surface area contributed by atoms with Gasteiger partial charge in [-0.1, -0.05) is 12.1 Å². The zero-order valence-corrected chi connectivity index (χ0v) is 8.41. The fourth-order valence-corrected chi connectivity index (χ4v) is 1.12. The average Bonchev–Trinajstić information content (AvgIpc) is 2.14. The van der Waals surface area contributed by atoms with Crippen molar-refractivity contribution in [1.82, 2.24) is 5.32 Å². The molecule has 0 aliphatic rings. The van der Waals surface area contributed by atoms with Gasteiger partial charge in [0.1, 0.15) is 0 Å². The lowest BCUT2D eigenvalue weighted by Gasteiger charge is -2.05. The lowest BCUT2D eigenvalue weighted by Crippen LogP contribution is -2.38. The molecule has 0 heterocycles. The molecular formula is C10H13N3O2. The number of hydrogen-bond donors (Lipinski definition) is 3. The van der Waals surface area contributed by atoms with E-state index in [1.54, 1.807) is 0 Å². The van der Waals surface area contributed by atoms with Gasteiger partial charge in [0.25, 0.3) is 0 Å². The van der Waals surface area contributed by atoms with Gasteiger partial charge in [-0.15, -0.1) is 0 Å². The normalized spacial score (nSPS) is 9.40. The molecule has 0 aromatic heterocycles. The van der Waals surface area contributed by atoms with Crippen molar-refractivity contribution < 1.29 is 9.59 Å². The minimum absolute atomic E-state index is 0.0202. The van der Waals surface area contributed by atoms with Crippen LogP contribution in [0.5, 0.6) is 0 Å². The van der Waals surface area contributed by atoms with Crippen LogP contribution in [0, 0.1) is 6.92 Å². The number of urea groups is 1. The lowest BCUT2D eigenvalue weighted by molar-refractivity contribution is -0.118. The molecule has 15 heavy (non-hydrogen) atoms. The van der Waals surface area contributed by atoms with Crippen LogP contribution in [0.1, 0.15) is 5.56 Å². The summed E-state index contributed by atoms with van der Waals surface area (Å²) < 4.78 is 0. The Bertz CT molecular complexity index is 377. The number of benzene rings is 1. The smallest absolute Gasteiger partial charge is 0.318 e. The van der Waals surface area contributed by atoms with Gasteiger partial charge < -0.3 is 11.1 Å². The zero-order valence-electron chi connectivity index (χ0n) is 8.41. The first-order valence-corrected chi connectivity index (χ1v) is 4.48. The summed E-state index contributed by atoms with van der Waals surface area (Å²) >= 11 is 0. The molecule has 1 rings (SSSR count). The van der Waals surface area contributed by atoms with Gasteiger partial charge in [-0.2, -0.15) is 0 Å². The van der Waals surface area contributed by atoms with Gasteiger partial charge in [0.15, 0.2) is 0 Å². The molecule has 0 unspecified atom stereocenters. The van der Waals surface area contributed by atoms with E-state index in [0.29, 0.717) is 0 Å². The van der Waals surface area contributed by atoms with Gasteiger partial charge >= 0.3 is 6.03 Å². The molecule has 0 spiro atoms. The molecule has 80 valence electrons. The van der Waals surface area contributed by atoms with E-state index in [1.807, 2.05) is 36.5 Å². The van der Waals surface area contributed by atoms with Crippen molar-refractivity contribution in [3.8, 4) is 0 Å². The first-order chi connectivity index (χ1) is 7.08. The number of primary amides is 1. The molecule has 0 radical (unpaired) electrons. The highest BCUT2D eigenvalue weighted by atomic mass is 16.2. The number of carbonyl (C=O) groups is 2. The van der Waals surface area contributed by atoms with Crippen molar-refractivity contribution in [1.29, 1.82) is 0 Å². The van der Waals surface area contributed by atoms with Gasteiger partial charge in [0.2, 0.25) is 5.91 Å². The highest BCUT2D eigenvalue weighted by Gasteiger charge is 2.02. The van der Waals surface area contributed by atoms with E-state index in [0.717, 1.165) is 11.3 Å². The number of rotatable bonds is 3. The summed E-state index contributed by atoms with van der Waals surface area (Å²) in [6.45, 7) is 1.97. The number of anilines is 1. The third kappa shape index (κ3) is 4.12. The summed E-state index contributed by atoms with van der Waals surface area (Å²) in [5, 5.41) is 4.84. The van der Waals surface area contributed by atoms with Gasteiger partial charge in [-0.05, 0) is 24.6 Å². The molecule has 0 saturated carbocycles. The lowest BCUT2D eigenvalue weighted by atomic mass is 10.2. The monoisotopic (exact) mass is 207 g/mol. The minimum atomic E-state index is -0.842. The molecule has 1 aromatic rings. The predicted molar refractivity (Wildman–Crippen MR) is 57.4 cm³/mol. The van der Waals surface area contributed by atoms with Gasteiger partial charge in [-0.3, -0.25) is 10.1 Å². The highest BCUT2D eigenvalue weighted by Crippen LogP contribution is 2.08. The SMILES string of the molecule is Cc1cccc(NCC(=O)NC(N)=O)c1. The maximum Gasteiger partial charge on any atom is 0.318 e. The van der Waals surface area contributed by atoms with Crippen molar-refractivity contribution in [2.75, 3.05) is 11.9 Å². The van der Waals surface area contributed by atoms with Crippen LogP contribution in [0.2, 0.25) is 0 Å². The van der Waals surface area contributed by atoms with Crippen LogP contribution < -0.4 is 16.4 Å². The summed E-state index contributed by atoms with van der Waals surface area (Å²) in [6.07, 6.45) is 0. The zero-order chi connectivity index (χ0) is 11.3. The van der Waals surface area contributed by atoms with E-state index in [9.17, 15) is 9.59 Å². The number of hydrogen-bond acceptors (Lipinski definition) is 3. The Balaban J connectivity index is 2.43. The molecule has 0 atom stereocenters. The van der Waals surface area contributed by atoms with E-state index >= 15 is 0 Å². The van der Waals surface area contributed by atoms with Crippen LogP contribution >= 0.6 is 0 Å². The molecule has 0 aliphatic heterocycles. The van der Waals surface area contributed by atoms with Crippen LogP contribution in [-0.2, 0) is 4.79 Å². The van der Waals surface area contributed by atoms with Crippen LogP contribution in [0.15, 0.2) is 24.3 Å². The first-order valence-electron chi connectivity index (χ1n) is 4.48. The summed E-state index contributed by atoms with van der Waals surface area (Å²) in [4.78, 5) is 21.4. The standard InChI is InChI=1S/C10H13N3O2/c1-7-3-2-4-8(5-7)12-6-9(14)13-10(11)15/h2-5,12H,6H2,1H3,(H3,11,13,14,15). The van der Waals surface area contributed by atoms with Crippen LogP contribution in [0.4, 0.5) is 10.5 Å². The van der Waals surface area contributed by atoms with Crippen molar-refractivity contribution >= 4 is 17.6 Å². The molecule has 5 heteroatoms. The van der Waals surface area contributed by atoms with E-state index in [2.05, 4.69) is 5.32 Å². The number of nitrogens with two attached hydrogens (primary N) is 1. The summed E-state index contributed by atoms with van der Waals surface area (Å²) in [6, 6.07) is 6.73. The average molecular weight is 207 g/mol. The Labute approximate surface area is 87.7 Å². The predicted octanol–water partition coefficient (Wildman–Crippen LogP) is 0.602. The number of nitrogens with one attached hydrogen (secondary N) is 2. The van der Waals surface area contributed by atoms with E-state index in [-0.39, 0.29) is 6.54 Å². The second-order valence-corrected chi connectivity index (χ2v) is 3.14. The Morgan fingerprint density at radius 3 is 2.73 bits per heavy atom. The molecule has 0 bridgehead atoms. The number of aryl methyl sites for hydroxylation is 1. The highest BCUT2D eigenvalue weighted by molar-refractivity contribution is 5.95. The van der Waals surface area contributed by atoms with Crippen LogP contribution in [0.3, 0.4) is 0 Å². The number of carbonyl (C=O) groups excluding carboxylic acids is 2. The Morgan fingerprint density at radius 1 is 1.40 bits per heavy atom. The molecular weight excluding hydrogens is 194 g/mol. The third-order valence-corrected chi connectivity index (χ3v) is 1.73. The maximum atomic E-state index is 11.0. The number of amides is 3. The van der Waals surface area contributed by atoms with Crippen molar-refractivity contribution in [2.24, 2.45) is 5.73 Å². The fraction of sp³-hybridized carbons (Fsp3) is 0.200. The van der Waals surface area contributed by atoms with E-state index in [1.165, 1.54) is 0 Å². The first kappa shape index (κ1) is 11.0. The minimum Gasteiger partial charge on any atom is -0.376 e. The fourth-order valence-electron chi connectivity index (χ4n) is 1.12. The summed E-state index contributed by atoms with van der Waals surface area (Å²) in [7, 11) is 0. The third-order valence-electron chi connectivity index (χ3n) is 1.73. The van der Waals surface area contributed by atoms with E-state index < -0.39 is 11.9 Å². The Hall–Kier alpha value is -2.04. The van der Waals surface area contributed by atoms with Gasteiger partial charge in [0, 0.05) is 5.69 Å². The molecule has 1 aromatic carbocycles. The van der Waals surface area contributed by atoms with Gasteiger partial charge in [0.05, 0.1) is 6.54 Å². The second-order valence-electron chi connectivity index (χ2n) is 3.14. The van der Waals surface area contributed by atoms with E-state index in [4.69, 9.17) is 5.73 Å². The molecule has 3 amide bonds. The van der Waals surface area contributed by atoms with Gasteiger partial charge in [-0.25, -0.2) is 4.79 Å². The van der Waals surface area contributed by atoms with Crippen LogP contribution in [0.25, 0.3) is 0 Å². The Morgan fingerprint density at radius 2 is 2.13 bits per heavy atom. The molecule has 4 N–H and O–H groups in total. The Kier molecular flexibility index (Phi) is 3.68. The molecule has 0 fully saturated rings. The van der Waals surface area contributed by atoms with Crippen molar-refractivity contribution in [3.63, 3.8) is 0 Å². The number of imide groups is 1. The molecule has 5 nitrogen and oxygen atoms in total. The molecule has 0 saturated heterocycles. The van der Waals surface area contributed by atoms with Crippen molar-refractivity contribution in [2.45, 2.75) is 6.92 Å². The summed E-state index contributed by atoms with van der Waals surface area (Å²) in [5.41, 5.74) is 6.71. The second kappa shape index (κ2) is 4.99. The van der Waals surface area contributed by atoms with Crippen LogP contribution in [-0.4, -0.2) is 18.5 Å². The topological polar surface area (TPSA) is 84.2 Å². The maximum absolute atomic E-state index is 11.0. The molecule has 0 aliphatic carbocycles. The quantitative estimate of drug-likeness (QED) is 0.678. The van der Waals surface area contributed by atoms with Crippen molar-refractivity contribution in [3.05, 3.63) is 29.8 Å².